The number of aliphatic carboxylic acids is 1. The number of benzene rings is 1. The first-order valence-electron chi connectivity index (χ1n) is 6.21. The molecule has 1 aliphatic heterocycles. The van der Waals surface area contributed by atoms with Gasteiger partial charge < -0.3 is 9.90 Å². The molecule has 2 rings (SSSR count). The predicted molar refractivity (Wildman–Crippen MR) is 72.9 cm³/mol. The molecule has 1 unspecified atom stereocenters. The van der Waals surface area contributed by atoms with E-state index in [0.29, 0.717) is 4.47 Å². The molecule has 0 saturated heterocycles. The van der Waals surface area contributed by atoms with Crippen LogP contribution in [0.5, 0.6) is 0 Å². The van der Waals surface area contributed by atoms with Gasteiger partial charge in [-0.25, -0.2) is 0 Å². The fraction of sp³-hybridized carbons (Fsp3) is 0.357. The number of carbonyl (C=O) groups excluding carboxylic acids is 3. The van der Waals surface area contributed by atoms with Crippen LogP contribution < -0.4 is 34.7 Å². The molecule has 0 N–H and O–H groups in total. The minimum atomic E-state index is -1.41. The van der Waals surface area contributed by atoms with Crippen LogP contribution in [0.25, 0.3) is 0 Å². The zero-order valence-electron chi connectivity index (χ0n) is 12.1. The van der Waals surface area contributed by atoms with E-state index in [1.54, 1.807) is 6.07 Å². The Labute approximate surface area is 153 Å². The number of imide groups is 1. The van der Waals surface area contributed by atoms with Gasteiger partial charge in [-0.1, -0.05) is 29.8 Å². The molecule has 2 amide bonds. The number of carboxylic acid groups (broad SMARTS) is 1. The number of hydrogen-bond donors (Lipinski definition) is 0. The predicted octanol–water partition coefficient (Wildman–Crippen LogP) is -1.79. The van der Waals surface area contributed by atoms with E-state index >= 15 is 0 Å². The third-order valence-corrected chi connectivity index (χ3v) is 3.65. The number of carbonyl (C=O) groups is 3. The van der Waals surface area contributed by atoms with Gasteiger partial charge in [0.2, 0.25) is 0 Å². The Kier molecular flexibility index (Phi) is 6.16. The second-order valence-electron chi connectivity index (χ2n) is 5.13. The van der Waals surface area contributed by atoms with Crippen LogP contribution in [0.1, 0.15) is 41.0 Å². The molecule has 106 valence electrons. The Bertz CT molecular complexity index is 603. The normalized spacial score (nSPS) is 15.0. The quantitative estimate of drug-likeness (QED) is 0.469. The van der Waals surface area contributed by atoms with Crippen molar-refractivity contribution in [3.8, 4) is 0 Å². The molecular formula is C14H13BrNNaO4. The number of amides is 2. The summed E-state index contributed by atoms with van der Waals surface area (Å²) in [6.45, 7) is 3.65. The van der Waals surface area contributed by atoms with Gasteiger partial charge in [-0.05, 0) is 30.5 Å². The van der Waals surface area contributed by atoms with Gasteiger partial charge in [0.1, 0.15) is 0 Å². The number of nitrogens with zero attached hydrogens (tertiary/aromatic N) is 1. The topological polar surface area (TPSA) is 77.5 Å². The second-order valence-corrected chi connectivity index (χ2v) is 6.05. The van der Waals surface area contributed by atoms with E-state index in [1.807, 2.05) is 13.8 Å². The van der Waals surface area contributed by atoms with Crippen LogP contribution in [0.15, 0.2) is 22.7 Å². The zero-order chi connectivity index (χ0) is 15.0. The molecule has 1 atom stereocenters. The van der Waals surface area contributed by atoms with Crippen molar-refractivity contribution in [1.29, 1.82) is 0 Å². The first-order chi connectivity index (χ1) is 9.32. The summed E-state index contributed by atoms with van der Waals surface area (Å²) in [7, 11) is 0. The van der Waals surface area contributed by atoms with Crippen molar-refractivity contribution >= 4 is 33.7 Å². The molecule has 0 bridgehead atoms. The maximum atomic E-state index is 12.3. The fourth-order valence-electron chi connectivity index (χ4n) is 2.27. The number of carboxylic acids is 1. The Morgan fingerprint density at radius 3 is 2.33 bits per heavy atom. The summed E-state index contributed by atoms with van der Waals surface area (Å²) in [4.78, 5) is 36.6. The average Bonchev–Trinajstić information content (AvgIpc) is 2.58. The van der Waals surface area contributed by atoms with Crippen molar-refractivity contribution < 1.29 is 49.0 Å². The molecule has 0 fully saturated rings. The molecule has 0 aromatic heterocycles. The second kappa shape index (κ2) is 7.05. The molecule has 1 aliphatic rings. The summed E-state index contributed by atoms with van der Waals surface area (Å²) < 4.78 is 0.660. The van der Waals surface area contributed by atoms with Crippen molar-refractivity contribution in [1.82, 2.24) is 4.90 Å². The van der Waals surface area contributed by atoms with E-state index in [2.05, 4.69) is 15.9 Å². The third-order valence-electron chi connectivity index (χ3n) is 3.16. The monoisotopic (exact) mass is 361 g/mol. The first kappa shape index (κ1) is 18.4. The Morgan fingerprint density at radius 2 is 1.81 bits per heavy atom. The van der Waals surface area contributed by atoms with Crippen molar-refractivity contribution in [3.63, 3.8) is 0 Å². The van der Waals surface area contributed by atoms with Gasteiger partial charge in [0.25, 0.3) is 11.8 Å². The average molecular weight is 362 g/mol. The molecule has 1 heterocycles. The standard InChI is InChI=1S/C14H14BrNO4.Na/c1-7(2)5-11(14(19)20)16-12(17)9-4-3-8(15)6-10(9)13(16)18;/h3-4,6-7,11H,5H2,1-2H3,(H,19,20);/q;+1/p-1. The van der Waals surface area contributed by atoms with Crippen LogP contribution in [-0.2, 0) is 4.79 Å². The summed E-state index contributed by atoms with van der Waals surface area (Å²) in [5, 5.41) is 11.3. The molecule has 5 nitrogen and oxygen atoms in total. The summed E-state index contributed by atoms with van der Waals surface area (Å²) in [5.74, 6) is -2.55. The van der Waals surface area contributed by atoms with Gasteiger partial charge in [0.05, 0.1) is 23.1 Å². The first-order valence-corrected chi connectivity index (χ1v) is 7.00. The summed E-state index contributed by atoms with van der Waals surface area (Å²) in [6, 6.07) is 3.45. The van der Waals surface area contributed by atoms with Crippen LogP contribution in [0, 0.1) is 5.92 Å². The van der Waals surface area contributed by atoms with E-state index in [0.717, 1.165) is 4.90 Å². The van der Waals surface area contributed by atoms with Crippen LogP contribution in [-0.4, -0.2) is 28.7 Å². The molecule has 0 radical (unpaired) electrons. The van der Waals surface area contributed by atoms with Crippen LogP contribution in [0.4, 0.5) is 0 Å². The Balaban J connectivity index is 0.00000220. The number of rotatable bonds is 4. The van der Waals surface area contributed by atoms with E-state index < -0.39 is 23.8 Å². The van der Waals surface area contributed by atoms with E-state index in [1.165, 1.54) is 12.1 Å². The van der Waals surface area contributed by atoms with Crippen LogP contribution >= 0.6 is 15.9 Å². The van der Waals surface area contributed by atoms with Crippen molar-refractivity contribution in [3.05, 3.63) is 33.8 Å². The molecular weight excluding hydrogens is 349 g/mol. The van der Waals surface area contributed by atoms with Crippen LogP contribution in [0.2, 0.25) is 0 Å². The van der Waals surface area contributed by atoms with E-state index in [-0.39, 0.29) is 53.0 Å². The number of halogens is 1. The van der Waals surface area contributed by atoms with Gasteiger partial charge in [-0.3, -0.25) is 14.5 Å². The Morgan fingerprint density at radius 1 is 1.24 bits per heavy atom. The van der Waals surface area contributed by atoms with Crippen molar-refractivity contribution in [2.45, 2.75) is 26.3 Å². The minimum absolute atomic E-state index is 0. The summed E-state index contributed by atoms with van der Waals surface area (Å²) >= 11 is 3.23. The van der Waals surface area contributed by atoms with Gasteiger partial charge in [-0.15, -0.1) is 0 Å². The summed E-state index contributed by atoms with van der Waals surface area (Å²) in [6.07, 6.45) is 0.176. The zero-order valence-corrected chi connectivity index (χ0v) is 15.6. The molecule has 0 aliphatic carbocycles. The van der Waals surface area contributed by atoms with Gasteiger partial charge >= 0.3 is 29.6 Å². The third kappa shape index (κ3) is 3.56. The molecule has 1 aromatic rings. The molecule has 7 heteroatoms. The van der Waals surface area contributed by atoms with E-state index in [9.17, 15) is 19.5 Å². The number of hydrogen-bond acceptors (Lipinski definition) is 4. The minimum Gasteiger partial charge on any atom is -0.548 e. The Hall–Kier alpha value is -0.690. The fourth-order valence-corrected chi connectivity index (χ4v) is 2.63. The molecule has 0 saturated carbocycles. The maximum Gasteiger partial charge on any atom is 1.00 e. The van der Waals surface area contributed by atoms with Gasteiger partial charge in [0, 0.05) is 4.47 Å². The summed E-state index contributed by atoms with van der Waals surface area (Å²) in [5.41, 5.74) is 0.451. The van der Waals surface area contributed by atoms with Crippen molar-refractivity contribution in [2.75, 3.05) is 0 Å². The van der Waals surface area contributed by atoms with E-state index in [4.69, 9.17) is 0 Å². The SMILES string of the molecule is CC(C)CC(C(=O)[O-])N1C(=O)c2ccc(Br)cc2C1=O.[Na+]. The maximum absolute atomic E-state index is 12.3. The largest absolute Gasteiger partial charge is 1.00 e. The smallest absolute Gasteiger partial charge is 0.548 e. The van der Waals surface area contributed by atoms with Gasteiger partial charge in [-0.2, -0.15) is 0 Å². The molecule has 21 heavy (non-hydrogen) atoms. The van der Waals surface area contributed by atoms with Crippen molar-refractivity contribution in [2.24, 2.45) is 5.92 Å². The molecule has 1 aromatic carbocycles. The number of fused-ring (bicyclic) bond motifs is 1. The van der Waals surface area contributed by atoms with Gasteiger partial charge in [0.15, 0.2) is 0 Å². The molecule has 0 spiro atoms. The van der Waals surface area contributed by atoms with Crippen LogP contribution in [0.3, 0.4) is 0 Å².